The summed E-state index contributed by atoms with van der Waals surface area (Å²) in [6.07, 6.45) is 1.57. The minimum atomic E-state index is -0.505. The molecule has 0 saturated heterocycles. The first kappa shape index (κ1) is 22.3. The zero-order valence-electron chi connectivity index (χ0n) is 17.3. The van der Waals surface area contributed by atoms with Crippen LogP contribution in [0.4, 0.5) is 10.1 Å². The van der Waals surface area contributed by atoms with Gasteiger partial charge < -0.3 is 9.73 Å². The molecular formula is C23H15ClFN5O2S2. The van der Waals surface area contributed by atoms with Crippen LogP contribution in [0.1, 0.15) is 15.5 Å². The van der Waals surface area contributed by atoms with Crippen molar-refractivity contribution in [1.29, 1.82) is 0 Å². The highest BCUT2D eigenvalue weighted by Gasteiger charge is 2.19. The predicted molar refractivity (Wildman–Crippen MR) is 130 cm³/mol. The van der Waals surface area contributed by atoms with E-state index in [0.29, 0.717) is 32.5 Å². The van der Waals surface area contributed by atoms with Gasteiger partial charge in [-0.3, -0.25) is 9.36 Å². The highest BCUT2D eigenvalue weighted by Crippen LogP contribution is 2.31. The number of anilines is 1. The van der Waals surface area contributed by atoms with Crippen LogP contribution in [0.3, 0.4) is 0 Å². The van der Waals surface area contributed by atoms with E-state index < -0.39 is 11.7 Å². The number of carbonyl (C=O) groups excluding carboxylic acids is 1. The molecule has 3 aromatic heterocycles. The third kappa shape index (κ3) is 4.74. The number of nitrogens with one attached hydrogen (secondary N) is 1. The summed E-state index contributed by atoms with van der Waals surface area (Å²) in [7, 11) is 0. The molecule has 34 heavy (non-hydrogen) atoms. The number of thioether (sulfide) groups is 1. The number of hydrogen-bond donors (Lipinski definition) is 1. The van der Waals surface area contributed by atoms with Gasteiger partial charge in [0.1, 0.15) is 16.5 Å². The van der Waals surface area contributed by atoms with E-state index >= 15 is 0 Å². The molecule has 0 atom stereocenters. The van der Waals surface area contributed by atoms with Crippen LogP contribution in [0.5, 0.6) is 0 Å². The lowest BCUT2D eigenvalue weighted by molar-refractivity contribution is 0.102. The van der Waals surface area contributed by atoms with E-state index in [-0.39, 0.29) is 11.4 Å². The molecule has 0 saturated carbocycles. The molecule has 5 rings (SSSR count). The lowest BCUT2D eigenvalue weighted by atomic mass is 10.3. The van der Waals surface area contributed by atoms with Gasteiger partial charge in [0.15, 0.2) is 10.9 Å². The first-order valence-corrected chi connectivity index (χ1v) is 12.2. The highest BCUT2D eigenvalue weighted by molar-refractivity contribution is 7.98. The van der Waals surface area contributed by atoms with Crippen molar-refractivity contribution < 1.29 is 13.6 Å². The molecule has 0 unspecified atom stereocenters. The van der Waals surface area contributed by atoms with Crippen molar-refractivity contribution in [3.63, 3.8) is 0 Å². The fraction of sp³-hybridized carbons (Fsp3) is 0.0435. The summed E-state index contributed by atoms with van der Waals surface area (Å²) in [6, 6.07) is 16.9. The van der Waals surface area contributed by atoms with E-state index in [2.05, 4.69) is 20.5 Å². The molecule has 0 fully saturated rings. The smallest absolute Gasteiger partial charge is 0.275 e. The average Bonchev–Trinajstić information content (AvgIpc) is 3.59. The Morgan fingerprint density at radius 3 is 2.82 bits per heavy atom. The van der Waals surface area contributed by atoms with E-state index in [9.17, 15) is 9.18 Å². The van der Waals surface area contributed by atoms with Crippen molar-refractivity contribution in [3.8, 4) is 17.3 Å². The summed E-state index contributed by atoms with van der Waals surface area (Å²) >= 11 is 8.96. The fourth-order valence-corrected chi connectivity index (χ4v) is 5.06. The number of rotatable bonds is 7. The van der Waals surface area contributed by atoms with E-state index in [0.717, 1.165) is 5.69 Å². The summed E-state index contributed by atoms with van der Waals surface area (Å²) in [5.74, 6) is 0.586. The first-order chi connectivity index (χ1) is 16.6. The van der Waals surface area contributed by atoms with Gasteiger partial charge in [-0.15, -0.1) is 21.5 Å². The Hall–Kier alpha value is -3.47. The van der Waals surface area contributed by atoms with Crippen molar-refractivity contribution in [1.82, 2.24) is 19.7 Å². The summed E-state index contributed by atoms with van der Waals surface area (Å²) in [5.41, 5.74) is 1.11. The first-order valence-electron chi connectivity index (χ1n) is 9.97. The standard InChI is InChI=1S/C23H15ClFN5O2S2/c24-14-5-3-6-15(11-14)30-21(19-9-4-10-32-19)28-29-23(30)34-13-20-26-18(12-33-20)22(31)27-17-8-2-1-7-16(17)25/h1-12H,13H2,(H,27,31). The number of carbonyl (C=O) groups is 1. The van der Waals surface area contributed by atoms with Gasteiger partial charge in [0.25, 0.3) is 5.91 Å². The molecule has 3 heterocycles. The number of aromatic nitrogens is 4. The Balaban J connectivity index is 1.36. The highest BCUT2D eigenvalue weighted by atomic mass is 35.5. The lowest BCUT2D eigenvalue weighted by Gasteiger charge is -2.09. The molecular weight excluding hydrogens is 497 g/mol. The van der Waals surface area contributed by atoms with Crippen LogP contribution in [0.25, 0.3) is 17.3 Å². The van der Waals surface area contributed by atoms with E-state index in [1.807, 2.05) is 22.8 Å². The molecule has 0 bridgehead atoms. The summed E-state index contributed by atoms with van der Waals surface area (Å²) in [4.78, 5) is 16.9. The molecule has 0 aliphatic heterocycles. The molecule has 5 aromatic rings. The molecule has 0 aliphatic rings. The van der Waals surface area contributed by atoms with Gasteiger partial charge in [-0.05, 0) is 42.5 Å². The third-order valence-corrected chi connectivity index (χ3v) is 6.88. The van der Waals surface area contributed by atoms with Gasteiger partial charge in [0.2, 0.25) is 5.82 Å². The van der Waals surface area contributed by atoms with Crippen LogP contribution in [0.2, 0.25) is 5.02 Å². The van der Waals surface area contributed by atoms with Crippen molar-refractivity contribution in [2.45, 2.75) is 10.9 Å². The zero-order chi connectivity index (χ0) is 23.5. The Bertz CT molecular complexity index is 1450. The van der Waals surface area contributed by atoms with Gasteiger partial charge in [0, 0.05) is 10.4 Å². The molecule has 0 spiro atoms. The molecule has 11 heteroatoms. The number of furan rings is 1. The number of hydrogen-bond acceptors (Lipinski definition) is 7. The number of thiazole rings is 1. The van der Waals surface area contributed by atoms with Gasteiger partial charge in [-0.1, -0.05) is 41.6 Å². The Morgan fingerprint density at radius 1 is 1.15 bits per heavy atom. The van der Waals surface area contributed by atoms with Gasteiger partial charge in [-0.2, -0.15) is 0 Å². The molecule has 1 amide bonds. The maximum absolute atomic E-state index is 13.8. The monoisotopic (exact) mass is 511 g/mol. The number of para-hydroxylation sites is 1. The third-order valence-electron chi connectivity index (χ3n) is 4.67. The Labute approximate surface area is 206 Å². The second-order valence-electron chi connectivity index (χ2n) is 6.95. The predicted octanol–water partition coefficient (Wildman–Crippen LogP) is 6.32. The van der Waals surface area contributed by atoms with Gasteiger partial charge >= 0.3 is 0 Å². The number of halogens is 2. The van der Waals surface area contributed by atoms with Crippen LogP contribution in [-0.4, -0.2) is 25.7 Å². The largest absolute Gasteiger partial charge is 0.461 e. The quantitative estimate of drug-likeness (QED) is 0.257. The van der Waals surface area contributed by atoms with Crippen LogP contribution in [-0.2, 0) is 5.75 Å². The average molecular weight is 512 g/mol. The van der Waals surface area contributed by atoms with Crippen molar-refractivity contribution in [2.24, 2.45) is 0 Å². The maximum atomic E-state index is 13.8. The number of benzene rings is 2. The van der Waals surface area contributed by atoms with Gasteiger partial charge in [0.05, 0.1) is 23.4 Å². The topological polar surface area (TPSA) is 85.8 Å². The minimum Gasteiger partial charge on any atom is -0.461 e. The van der Waals surface area contributed by atoms with E-state index in [4.69, 9.17) is 16.0 Å². The van der Waals surface area contributed by atoms with E-state index in [1.165, 1.54) is 35.2 Å². The summed E-state index contributed by atoms with van der Waals surface area (Å²) in [5, 5.41) is 14.7. The molecule has 170 valence electrons. The van der Waals surface area contributed by atoms with Crippen LogP contribution < -0.4 is 5.32 Å². The van der Waals surface area contributed by atoms with Crippen molar-refractivity contribution >= 4 is 46.3 Å². The second kappa shape index (κ2) is 9.80. The summed E-state index contributed by atoms with van der Waals surface area (Å²) in [6.45, 7) is 0. The molecule has 0 radical (unpaired) electrons. The molecule has 0 aliphatic carbocycles. The summed E-state index contributed by atoms with van der Waals surface area (Å²) < 4.78 is 21.2. The lowest BCUT2D eigenvalue weighted by Crippen LogP contribution is -2.13. The minimum absolute atomic E-state index is 0.108. The Kier molecular flexibility index (Phi) is 6.43. The Morgan fingerprint density at radius 2 is 2.03 bits per heavy atom. The molecule has 2 aromatic carbocycles. The molecule has 1 N–H and O–H groups in total. The van der Waals surface area contributed by atoms with Crippen LogP contribution >= 0.6 is 34.7 Å². The SMILES string of the molecule is O=C(Nc1ccccc1F)c1csc(CSc2nnc(-c3ccco3)n2-c2cccc(Cl)c2)n1. The van der Waals surface area contributed by atoms with Crippen LogP contribution in [0, 0.1) is 5.82 Å². The van der Waals surface area contributed by atoms with Gasteiger partial charge in [-0.25, -0.2) is 9.37 Å². The zero-order valence-corrected chi connectivity index (χ0v) is 19.7. The molecule has 7 nitrogen and oxygen atoms in total. The maximum Gasteiger partial charge on any atom is 0.275 e. The van der Waals surface area contributed by atoms with E-state index in [1.54, 1.807) is 42.0 Å². The number of nitrogens with zero attached hydrogens (tertiary/aromatic N) is 4. The second-order valence-corrected chi connectivity index (χ2v) is 9.27. The van der Waals surface area contributed by atoms with Crippen LogP contribution in [0.15, 0.2) is 81.9 Å². The number of amides is 1. The normalized spacial score (nSPS) is 11.0. The van der Waals surface area contributed by atoms with Crippen molar-refractivity contribution in [2.75, 3.05) is 5.32 Å². The fourth-order valence-electron chi connectivity index (χ4n) is 3.13. The van der Waals surface area contributed by atoms with Crippen molar-refractivity contribution in [3.05, 3.63) is 93.8 Å².